The van der Waals surface area contributed by atoms with Crippen molar-refractivity contribution >= 4 is 28.5 Å². The summed E-state index contributed by atoms with van der Waals surface area (Å²) in [6, 6.07) is 3.34. The first-order valence-corrected chi connectivity index (χ1v) is 10.1. The van der Waals surface area contributed by atoms with Crippen molar-refractivity contribution in [3.63, 3.8) is 0 Å². The van der Waals surface area contributed by atoms with Crippen LogP contribution in [0.3, 0.4) is 0 Å². The number of halogens is 2. The Balaban J connectivity index is 1.56. The average molecular weight is 424 g/mol. The number of hydrogen-bond acceptors (Lipinski definition) is 9. The molecule has 0 saturated carbocycles. The van der Waals surface area contributed by atoms with E-state index in [2.05, 4.69) is 9.97 Å². The molecule has 0 radical (unpaired) electrons. The molecule has 29 heavy (non-hydrogen) atoms. The number of hydrogen-bond donors (Lipinski definition) is 2. The van der Waals surface area contributed by atoms with Crippen molar-refractivity contribution in [3.05, 3.63) is 23.7 Å². The third-order valence-electron chi connectivity index (χ3n) is 5.25. The van der Waals surface area contributed by atoms with Gasteiger partial charge in [-0.15, -0.1) is 11.3 Å². The molecule has 1 aromatic carbocycles. The summed E-state index contributed by atoms with van der Waals surface area (Å²) in [5.74, 6) is -0.125. The quantitative estimate of drug-likeness (QED) is 0.624. The molecular formula is C18H18F2N4O4S. The predicted molar refractivity (Wildman–Crippen MR) is 100 cm³/mol. The van der Waals surface area contributed by atoms with Gasteiger partial charge in [0.05, 0.1) is 30.7 Å². The Bertz CT molecular complexity index is 1020. The SMILES string of the molecule is OCCC(F)(F)Oc1ccc(-c2nccs2)c2oc(N3CC4CC(C3)N4O)nc12. The summed E-state index contributed by atoms with van der Waals surface area (Å²) in [6.45, 7) is 0.359. The highest BCUT2D eigenvalue weighted by molar-refractivity contribution is 7.13. The van der Waals surface area contributed by atoms with Gasteiger partial charge in [0.25, 0.3) is 6.01 Å². The number of aromatic nitrogens is 2. The minimum Gasteiger partial charge on any atom is -0.430 e. The van der Waals surface area contributed by atoms with Crippen LogP contribution >= 0.6 is 11.3 Å². The van der Waals surface area contributed by atoms with E-state index in [-0.39, 0.29) is 23.3 Å². The average Bonchev–Trinajstić information content (AvgIpc) is 3.38. The summed E-state index contributed by atoms with van der Waals surface area (Å²) in [4.78, 5) is 10.6. The van der Waals surface area contributed by atoms with Crippen LogP contribution in [0, 0.1) is 0 Å². The minimum absolute atomic E-state index is 0.00630. The lowest BCUT2D eigenvalue weighted by molar-refractivity contribution is -0.229. The molecule has 3 saturated heterocycles. The highest BCUT2D eigenvalue weighted by Crippen LogP contribution is 2.41. The van der Waals surface area contributed by atoms with Gasteiger partial charge >= 0.3 is 6.11 Å². The maximum Gasteiger partial charge on any atom is 0.400 e. The number of aliphatic hydroxyl groups is 1. The van der Waals surface area contributed by atoms with Crippen LogP contribution in [0.15, 0.2) is 28.1 Å². The van der Waals surface area contributed by atoms with Gasteiger partial charge in [0.2, 0.25) is 0 Å². The number of ether oxygens (including phenoxy) is 1. The Morgan fingerprint density at radius 1 is 1.31 bits per heavy atom. The number of alkyl halides is 2. The molecular weight excluding hydrogens is 406 g/mol. The highest BCUT2D eigenvalue weighted by atomic mass is 32.1. The summed E-state index contributed by atoms with van der Waals surface area (Å²) in [5.41, 5.74) is 1.12. The van der Waals surface area contributed by atoms with Crippen LogP contribution in [0.25, 0.3) is 21.7 Å². The number of aliphatic hydroxyl groups excluding tert-OH is 1. The lowest BCUT2D eigenvalue weighted by Crippen LogP contribution is -2.67. The second kappa shape index (κ2) is 6.87. The van der Waals surface area contributed by atoms with Crippen LogP contribution < -0.4 is 9.64 Å². The molecule has 5 heterocycles. The van der Waals surface area contributed by atoms with E-state index in [1.165, 1.54) is 22.5 Å². The molecule has 3 aromatic rings. The van der Waals surface area contributed by atoms with E-state index in [0.717, 1.165) is 6.42 Å². The van der Waals surface area contributed by atoms with E-state index in [9.17, 15) is 14.0 Å². The van der Waals surface area contributed by atoms with E-state index in [0.29, 0.717) is 35.3 Å². The molecule has 3 fully saturated rings. The van der Waals surface area contributed by atoms with Crippen molar-refractivity contribution < 1.29 is 28.2 Å². The summed E-state index contributed by atoms with van der Waals surface area (Å²) in [7, 11) is 0. The van der Waals surface area contributed by atoms with Gasteiger partial charge in [-0.1, -0.05) is 0 Å². The molecule has 6 rings (SSSR count). The number of hydroxylamine groups is 2. The summed E-state index contributed by atoms with van der Waals surface area (Å²) in [6.07, 6.45) is -1.81. The lowest BCUT2D eigenvalue weighted by atomic mass is 9.91. The number of fused-ring (bicyclic) bond motifs is 3. The Labute approximate surface area is 167 Å². The van der Waals surface area contributed by atoms with E-state index in [1.54, 1.807) is 12.3 Å². The van der Waals surface area contributed by atoms with Crippen LogP contribution in [0.2, 0.25) is 0 Å². The smallest absolute Gasteiger partial charge is 0.400 e. The summed E-state index contributed by atoms with van der Waals surface area (Å²) < 4.78 is 38.8. The number of piperidine rings is 1. The van der Waals surface area contributed by atoms with Crippen LogP contribution in [-0.4, -0.2) is 63.2 Å². The molecule has 2 aromatic heterocycles. The Morgan fingerprint density at radius 3 is 2.76 bits per heavy atom. The number of rotatable bonds is 6. The number of piperazine rings is 1. The molecule has 0 spiro atoms. The molecule has 0 amide bonds. The zero-order valence-corrected chi connectivity index (χ0v) is 16.0. The predicted octanol–water partition coefficient (Wildman–Crippen LogP) is 2.96. The molecule has 2 unspecified atom stereocenters. The van der Waals surface area contributed by atoms with Crippen LogP contribution in [0.5, 0.6) is 5.75 Å². The number of oxazole rings is 1. The van der Waals surface area contributed by atoms with E-state index < -0.39 is 19.1 Å². The maximum absolute atomic E-state index is 14.0. The first-order valence-electron chi connectivity index (χ1n) is 9.18. The van der Waals surface area contributed by atoms with Gasteiger partial charge in [-0.2, -0.15) is 18.8 Å². The largest absolute Gasteiger partial charge is 0.430 e. The Morgan fingerprint density at radius 2 is 2.10 bits per heavy atom. The van der Waals surface area contributed by atoms with Crippen LogP contribution in [0.1, 0.15) is 12.8 Å². The van der Waals surface area contributed by atoms with Gasteiger partial charge in [-0.25, -0.2) is 4.98 Å². The van der Waals surface area contributed by atoms with Gasteiger partial charge in [-0.05, 0) is 18.6 Å². The van der Waals surface area contributed by atoms with Gasteiger partial charge in [0.1, 0.15) is 5.01 Å². The fraction of sp³-hybridized carbons (Fsp3) is 0.444. The zero-order valence-electron chi connectivity index (χ0n) is 15.2. The lowest BCUT2D eigenvalue weighted by Gasteiger charge is -2.52. The highest BCUT2D eigenvalue weighted by Gasteiger charge is 2.45. The zero-order chi connectivity index (χ0) is 20.2. The Kier molecular flexibility index (Phi) is 4.42. The van der Waals surface area contributed by atoms with Crippen molar-refractivity contribution in [3.8, 4) is 16.3 Å². The van der Waals surface area contributed by atoms with Crippen molar-refractivity contribution in [2.75, 3.05) is 24.6 Å². The first kappa shape index (κ1) is 18.7. The van der Waals surface area contributed by atoms with E-state index >= 15 is 0 Å². The topological polar surface area (TPSA) is 95.1 Å². The molecule has 0 aliphatic carbocycles. The van der Waals surface area contributed by atoms with E-state index in [1.807, 2.05) is 10.3 Å². The number of nitrogens with zero attached hydrogens (tertiary/aromatic N) is 4. The molecule has 2 atom stereocenters. The maximum atomic E-state index is 14.0. The first-order chi connectivity index (χ1) is 13.9. The summed E-state index contributed by atoms with van der Waals surface area (Å²) in [5, 5.41) is 22.5. The molecule has 2 N–H and O–H groups in total. The third kappa shape index (κ3) is 3.23. The number of benzene rings is 1. The molecule has 8 nitrogen and oxygen atoms in total. The van der Waals surface area contributed by atoms with Crippen LogP contribution in [0.4, 0.5) is 14.8 Å². The summed E-state index contributed by atoms with van der Waals surface area (Å²) >= 11 is 1.40. The van der Waals surface area contributed by atoms with E-state index in [4.69, 9.17) is 14.3 Å². The van der Waals surface area contributed by atoms with Gasteiger partial charge in [-0.3, -0.25) is 0 Å². The van der Waals surface area contributed by atoms with Crippen molar-refractivity contribution in [1.82, 2.24) is 15.0 Å². The second-order valence-corrected chi connectivity index (χ2v) is 8.06. The second-order valence-electron chi connectivity index (χ2n) is 7.16. The normalized spacial score (nSPS) is 22.1. The molecule has 154 valence electrons. The third-order valence-corrected chi connectivity index (χ3v) is 6.05. The molecule has 2 bridgehead atoms. The fourth-order valence-corrected chi connectivity index (χ4v) is 4.46. The van der Waals surface area contributed by atoms with Gasteiger partial charge in [0.15, 0.2) is 16.8 Å². The standard InChI is InChI=1S/C18H18F2N4O4S/c19-18(20,3-5-25)28-13-2-1-12(16-21-4-6-29-16)15-14(13)22-17(27-15)23-8-10-7-11(9-23)24(10)26/h1-2,4,6,10-11,25-26H,3,5,7-9H2. The van der Waals surface area contributed by atoms with Crippen molar-refractivity contribution in [2.24, 2.45) is 0 Å². The molecule has 3 aliphatic heterocycles. The van der Waals surface area contributed by atoms with Crippen molar-refractivity contribution in [1.29, 1.82) is 0 Å². The van der Waals surface area contributed by atoms with Gasteiger partial charge < -0.3 is 24.4 Å². The van der Waals surface area contributed by atoms with Crippen molar-refractivity contribution in [2.45, 2.75) is 31.0 Å². The monoisotopic (exact) mass is 424 g/mol. The van der Waals surface area contributed by atoms with Crippen LogP contribution in [-0.2, 0) is 0 Å². The molecule has 11 heteroatoms. The minimum atomic E-state index is -3.53. The molecule has 3 aliphatic rings. The Hall–Kier alpha value is -2.34. The van der Waals surface area contributed by atoms with Gasteiger partial charge in [0, 0.05) is 24.7 Å². The number of anilines is 1. The number of thiazole rings is 1. The fourth-order valence-electron chi connectivity index (χ4n) is 3.80.